The second kappa shape index (κ2) is 9.58. The number of carbonyl (C=O) groups excluding carboxylic acids is 2. The second-order valence-corrected chi connectivity index (χ2v) is 9.63. The molecule has 1 heterocycles. The molecular formula is C25H31F2N3O4. The molecule has 0 radical (unpaired) electrons. The van der Waals surface area contributed by atoms with E-state index in [2.05, 4.69) is 30.8 Å². The molecule has 0 bridgehead atoms. The quantitative estimate of drug-likeness (QED) is 0.572. The van der Waals surface area contributed by atoms with E-state index >= 15 is 0 Å². The van der Waals surface area contributed by atoms with Crippen molar-refractivity contribution >= 4 is 11.9 Å². The van der Waals surface area contributed by atoms with E-state index in [1.54, 1.807) is 31.0 Å². The molecule has 9 heteroatoms. The highest BCUT2D eigenvalue weighted by molar-refractivity contribution is 6.07. The van der Waals surface area contributed by atoms with Gasteiger partial charge >= 0.3 is 12.6 Å². The van der Waals surface area contributed by atoms with Crippen LogP contribution in [0.25, 0.3) is 0 Å². The SMILES string of the molecule is COc1cc(CN(C)CN2C(=O)NC(C)(c3ccc(C(C)(C)C)cc3)C2=O)ccc1OC(F)F. The number of hydrogen-bond acceptors (Lipinski definition) is 5. The molecule has 1 atom stereocenters. The number of imide groups is 1. The monoisotopic (exact) mass is 475 g/mol. The predicted molar refractivity (Wildman–Crippen MR) is 124 cm³/mol. The Hall–Kier alpha value is -3.20. The van der Waals surface area contributed by atoms with Crippen molar-refractivity contribution in [3.63, 3.8) is 0 Å². The molecule has 3 rings (SSSR count). The number of urea groups is 1. The number of nitrogens with zero attached hydrogens (tertiary/aromatic N) is 2. The Morgan fingerprint density at radius 1 is 1.09 bits per heavy atom. The first-order valence-electron chi connectivity index (χ1n) is 10.9. The van der Waals surface area contributed by atoms with Crippen LogP contribution in [0, 0.1) is 0 Å². The fourth-order valence-corrected chi connectivity index (χ4v) is 3.93. The lowest BCUT2D eigenvalue weighted by atomic mass is 9.84. The zero-order chi connectivity index (χ0) is 25.3. The second-order valence-electron chi connectivity index (χ2n) is 9.63. The van der Waals surface area contributed by atoms with Gasteiger partial charge in [-0.3, -0.25) is 9.69 Å². The standard InChI is InChI=1S/C25H31F2N3O4/c1-24(2,3)17-8-10-18(11-9-17)25(4)21(31)30(23(32)28-25)15-29(5)14-16-7-12-19(34-22(26)27)20(13-16)33-6/h7-13,22H,14-15H2,1-6H3,(H,28,32). The Labute approximate surface area is 198 Å². The van der Waals surface area contributed by atoms with Gasteiger partial charge in [0.05, 0.1) is 13.8 Å². The first-order chi connectivity index (χ1) is 15.8. The average molecular weight is 476 g/mol. The van der Waals surface area contributed by atoms with Gasteiger partial charge in [-0.15, -0.1) is 0 Å². The van der Waals surface area contributed by atoms with Crippen LogP contribution in [0.15, 0.2) is 42.5 Å². The molecule has 0 aliphatic carbocycles. The largest absolute Gasteiger partial charge is 0.493 e. The van der Waals surface area contributed by atoms with Crippen LogP contribution in [-0.2, 0) is 22.3 Å². The molecule has 34 heavy (non-hydrogen) atoms. The van der Waals surface area contributed by atoms with E-state index in [1.165, 1.54) is 18.1 Å². The van der Waals surface area contributed by atoms with Crippen LogP contribution in [0.3, 0.4) is 0 Å². The lowest BCUT2D eigenvalue weighted by Crippen LogP contribution is -2.42. The third-order valence-electron chi connectivity index (χ3n) is 5.88. The topological polar surface area (TPSA) is 71.1 Å². The number of rotatable bonds is 8. The molecule has 2 aromatic carbocycles. The van der Waals surface area contributed by atoms with Crippen LogP contribution in [-0.4, -0.2) is 49.2 Å². The van der Waals surface area contributed by atoms with Gasteiger partial charge in [-0.25, -0.2) is 9.69 Å². The number of ether oxygens (including phenoxy) is 2. The molecule has 1 aliphatic rings. The highest BCUT2D eigenvalue weighted by Crippen LogP contribution is 2.32. The number of carbonyl (C=O) groups is 2. The molecule has 3 amide bonds. The summed E-state index contributed by atoms with van der Waals surface area (Å²) in [5.41, 5.74) is 1.40. The Bertz CT molecular complexity index is 1050. The Kier molecular flexibility index (Phi) is 7.16. The molecule has 1 saturated heterocycles. The van der Waals surface area contributed by atoms with Crippen LogP contribution in [0.4, 0.5) is 13.6 Å². The predicted octanol–water partition coefficient (Wildman–Crippen LogP) is 4.45. The van der Waals surface area contributed by atoms with E-state index in [0.29, 0.717) is 12.1 Å². The number of amides is 3. The number of benzene rings is 2. The Balaban J connectivity index is 1.71. The summed E-state index contributed by atoms with van der Waals surface area (Å²) in [7, 11) is 3.12. The van der Waals surface area contributed by atoms with Gasteiger partial charge in [0.1, 0.15) is 5.54 Å². The van der Waals surface area contributed by atoms with Gasteiger partial charge in [0, 0.05) is 6.54 Å². The van der Waals surface area contributed by atoms with Gasteiger partial charge in [-0.2, -0.15) is 8.78 Å². The summed E-state index contributed by atoms with van der Waals surface area (Å²) in [6.07, 6.45) is 0. The van der Waals surface area contributed by atoms with Crippen molar-refractivity contribution in [1.82, 2.24) is 15.1 Å². The van der Waals surface area contributed by atoms with Crippen LogP contribution in [0.1, 0.15) is 44.4 Å². The van der Waals surface area contributed by atoms with E-state index in [0.717, 1.165) is 11.1 Å². The number of alkyl halides is 2. The Morgan fingerprint density at radius 2 is 1.74 bits per heavy atom. The maximum absolute atomic E-state index is 13.3. The van der Waals surface area contributed by atoms with Crippen LogP contribution in [0.5, 0.6) is 11.5 Å². The van der Waals surface area contributed by atoms with Crippen molar-refractivity contribution in [1.29, 1.82) is 0 Å². The fraction of sp³-hybridized carbons (Fsp3) is 0.440. The van der Waals surface area contributed by atoms with E-state index in [-0.39, 0.29) is 29.5 Å². The molecule has 0 aromatic heterocycles. The van der Waals surface area contributed by atoms with Gasteiger partial charge in [-0.05, 0) is 48.2 Å². The summed E-state index contributed by atoms with van der Waals surface area (Å²) in [5, 5.41) is 2.82. The van der Waals surface area contributed by atoms with Crippen molar-refractivity contribution in [2.75, 3.05) is 20.8 Å². The smallest absolute Gasteiger partial charge is 0.387 e. The molecule has 184 valence electrons. The summed E-state index contributed by atoms with van der Waals surface area (Å²) in [6, 6.07) is 11.8. The minimum atomic E-state index is -2.96. The summed E-state index contributed by atoms with van der Waals surface area (Å²) < 4.78 is 34.7. The van der Waals surface area contributed by atoms with Crippen LogP contribution in [0.2, 0.25) is 0 Å². The lowest BCUT2D eigenvalue weighted by Gasteiger charge is -2.26. The van der Waals surface area contributed by atoms with Gasteiger partial charge in [0.25, 0.3) is 5.91 Å². The van der Waals surface area contributed by atoms with E-state index in [9.17, 15) is 18.4 Å². The first kappa shape index (κ1) is 25.4. The molecule has 1 N–H and O–H groups in total. The first-order valence-corrected chi connectivity index (χ1v) is 10.9. The summed E-state index contributed by atoms with van der Waals surface area (Å²) in [5.74, 6) is -0.232. The molecule has 1 unspecified atom stereocenters. The van der Waals surface area contributed by atoms with Crippen LogP contribution < -0.4 is 14.8 Å². The molecule has 7 nitrogen and oxygen atoms in total. The van der Waals surface area contributed by atoms with E-state index in [1.807, 2.05) is 24.3 Å². The summed E-state index contributed by atoms with van der Waals surface area (Å²) in [4.78, 5) is 28.9. The molecule has 1 aliphatic heterocycles. The van der Waals surface area contributed by atoms with Crippen molar-refractivity contribution in [2.24, 2.45) is 0 Å². The van der Waals surface area contributed by atoms with E-state index < -0.39 is 18.2 Å². The van der Waals surface area contributed by atoms with Crippen molar-refractivity contribution in [3.05, 3.63) is 59.2 Å². The maximum atomic E-state index is 13.3. The molecule has 0 saturated carbocycles. The number of hydrogen-bond donors (Lipinski definition) is 1. The zero-order valence-electron chi connectivity index (χ0n) is 20.3. The van der Waals surface area contributed by atoms with Crippen molar-refractivity contribution in [3.8, 4) is 11.5 Å². The van der Waals surface area contributed by atoms with Gasteiger partial charge in [0.15, 0.2) is 11.5 Å². The molecule has 1 fully saturated rings. The zero-order valence-corrected chi connectivity index (χ0v) is 20.3. The van der Waals surface area contributed by atoms with Gasteiger partial charge < -0.3 is 14.8 Å². The number of halogens is 2. The van der Waals surface area contributed by atoms with Gasteiger partial charge in [-0.1, -0.05) is 51.1 Å². The number of methoxy groups -OCH3 is 1. The Morgan fingerprint density at radius 3 is 2.29 bits per heavy atom. The third-order valence-corrected chi connectivity index (χ3v) is 5.88. The maximum Gasteiger partial charge on any atom is 0.387 e. The van der Waals surface area contributed by atoms with Gasteiger partial charge in [0.2, 0.25) is 0 Å². The number of nitrogens with one attached hydrogen (secondary N) is 1. The fourth-order valence-electron chi connectivity index (χ4n) is 3.93. The summed E-state index contributed by atoms with van der Waals surface area (Å²) in [6.45, 7) is 5.47. The average Bonchev–Trinajstić information content (AvgIpc) is 2.97. The highest BCUT2D eigenvalue weighted by Gasteiger charge is 2.49. The van der Waals surface area contributed by atoms with Crippen molar-refractivity contribution < 1.29 is 27.8 Å². The summed E-state index contributed by atoms with van der Waals surface area (Å²) >= 11 is 0. The van der Waals surface area contributed by atoms with Crippen LogP contribution >= 0.6 is 0 Å². The van der Waals surface area contributed by atoms with Crippen molar-refractivity contribution in [2.45, 2.75) is 51.8 Å². The lowest BCUT2D eigenvalue weighted by molar-refractivity contribution is -0.132. The highest BCUT2D eigenvalue weighted by atomic mass is 19.3. The minimum absolute atomic E-state index is 0.0242. The third kappa shape index (κ3) is 5.30. The molecule has 0 spiro atoms. The molecular weight excluding hydrogens is 444 g/mol. The van der Waals surface area contributed by atoms with E-state index in [4.69, 9.17) is 4.74 Å². The normalized spacial score (nSPS) is 18.6. The minimum Gasteiger partial charge on any atom is -0.493 e. The molecule has 2 aromatic rings.